The molecule has 168 valence electrons. The molecule has 0 bridgehead atoms. The third-order valence-corrected chi connectivity index (χ3v) is 5.73. The number of hydrogen-bond donors (Lipinski definition) is 1. The van der Waals surface area contributed by atoms with Crippen molar-refractivity contribution in [3.8, 4) is 11.5 Å². The molecule has 0 fully saturated rings. The Balaban J connectivity index is 1.61. The lowest BCUT2D eigenvalue weighted by molar-refractivity contribution is -0.118. The van der Waals surface area contributed by atoms with Crippen LogP contribution in [0.5, 0.6) is 11.5 Å². The first-order valence-electron chi connectivity index (χ1n) is 9.98. The number of rotatable bonds is 11. The molecular weight excluding hydrogens is 448 g/mol. The van der Waals surface area contributed by atoms with E-state index in [1.54, 1.807) is 25.3 Å². The van der Waals surface area contributed by atoms with Crippen molar-refractivity contribution in [1.82, 2.24) is 20.1 Å². The highest BCUT2D eigenvalue weighted by Crippen LogP contribution is 2.26. The number of carbonyl (C=O) groups excluding carboxylic acids is 1. The summed E-state index contributed by atoms with van der Waals surface area (Å²) < 4.78 is 13.2. The summed E-state index contributed by atoms with van der Waals surface area (Å²) in [5.74, 6) is 2.15. The molecule has 7 nitrogen and oxygen atoms in total. The van der Waals surface area contributed by atoms with E-state index < -0.39 is 0 Å². The summed E-state index contributed by atoms with van der Waals surface area (Å²) >= 11 is 7.20. The van der Waals surface area contributed by atoms with Crippen molar-refractivity contribution < 1.29 is 14.3 Å². The zero-order valence-corrected chi connectivity index (χ0v) is 19.5. The lowest BCUT2D eigenvalue weighted by atomic mass is 10.2. The number of halogens is 1. The minimum Gasteiger partial charge on any atom is -0.497 e. The van der Waals surface area contributed by atoms with Crippen LogP contribution in [0.15, 0.2) is 66.3 Å². The number of thioether (sulfide) groups is 1. The van der Waals surface area contributed by atoms with Crippen LogP contribution < -0.4 is 14.8 Å². The molecule has 1 amide bonds. The maximum absolute atomic E-state index is 12.3. The van der Waals surface area contributed by atoms with Gasteiger partial charge in [-0.15, -0.1) is 16.8 Å². The fraction of sp³-hybridized carbons (Fsp3) is 0.261. The molecule has 1 unspecified atom stereocenters. The number of carbonyl (C=O) groups is 1. The molecule has 3 rings (SSSR count). The molecule has 0 aliphatic carbocycles. The largest absolute Gasteiger partial charge is 0.497 e. The number of methoxy groups -OCH3 is 1. The number of benzene rings is 2. The number of ether oxygens (including phenoxy) is 2. The van der Waals surface area contributed by atoms with Gasteiger partial charge in [0.1, 0.15) is 11.5 Å². The van der Waals surface area contributed by atoms with Gasteiger partial charge in [-0.25, -0.2) is 0 Å². The maximum Gasteiger partial charge on any atom is 0.230 e. The topological polar surface area (TPSA) is 78.3 Å². The predicted octanol–water partition coefficient (Wildman–Crippen LogP) is 4.67. The first kappa shape index (κ1) is 23.7. The highest BCUT2D eigenvalue weighted by Gasteiger charge is 2.20. The highest BCUT2D eigenvalue weighted by molar-refractivity contribution is 7.99. The Labute approximate surface area is 196 Å². The Morgan fingerprint density at radius 1 is 1.25 bits per heavy atom. The fourth-order valence-electron chi connectivity index (χ4n) is 2.92. The summed E-state index contributed by atoms with van der Waals surface area (Å²) in [5, 5.41) is 12.7. The van der Waals surface area contributed by atoms with E-state index in [2.05, 4.69) is 22.1 Å². The Morgan fingerprint density at radius 2 is 2.00 bits per heavy atom. The second-order valence-corrected chi connectivity index (χ2v) is 8.25. The molecule has 0 aliphatic rings. The molecule has 1 heterocycles. The number of nitrogens with one attached hydrogen (secondary N) is 1. The zero-order valence-electron chi connectivity index (χ0n) is 18.0. The quantitative estimate of drug-likeness (QED) is 0.322. The monoisotopic (exact) mass is 472 g/mol. The van der Waals surface area contributed by atoms with Crippen molar-refractivity contribution in [2.45, 2.75) is 31.3 Å². The molecular formula is C23H25ClN4O3S. The van der Waals surface area contributed by atoms with E-state index in [9.17, 15) is 4.79 Å². The van der Waals surface area contributed by atoms with Crippen molar-refractivity contribution in [1.29, 1.82) is 0 Å². The van der Waals surface area contributed by atoms with Crippen molar-refractivity contribution in [2.75, 3.05) is 12.9 Å². The van der Waals surface area contributed by atoms with Crippen molar-refractivity contribution in [3.63, 3.8) is 0 Å². The summed E-state index contributed by atoms with van der Waals surface area (Å²) in [6.07, 6.45) is 1.40. The Kier molecular flexibility index (Phi) is 8.58. The molecule has 0 radical (unpaired) electrons. The standard InChI is InChI=1S/C23H25ClN4O3S/c1-4-12-28-22(16(2)31-20-7-5-6-19(13-20)30-3)26-27-23(28)32-15-21(29)25-14-17-8-10-18(24)11-9-17/h4-11,13,16H,1,12,14-15H2,2-3H3,(H,25,29). The predicted molar refractivity (Wildman–Crippen MR) is 126 cm³/mol. The third-order valence-electron chi connectivity index (χ3n) is 4.51. The van der Waals surface area contributed by atoms with Crippen LogP contribution >= 0.6 is 23.4 Å². The van der Waals surface area contributed by atoms with Gasteiger partial charge in [-0.05, 0) is 36.8 Å². The number of hydrogen-bond acceptors (Lipinski definition) is 6. The van der Waals surface area contributed by atoms with E-state index in [0.717, 1.165) is 5.56 Å². The molecule has 1 N–H and O–H groups in total. The summed E-state index contributed by atoms with van der Waals surface area (Å²) in [7, 11) is 1.61. The van der Waals surface area contributed by atoms with Crippen molar-refractivity contribution in [3.05, 3.63) is 77.6 Å². The van der Waals surface area contributed by atoms with Gasteiger partial charge in [-0.1, -0.05) is 47.6 Å². The fourth-order valence-corrected chi connectivity index (χ4v) is 3.83. The summed E-state index contributed by atoms with van der Waals surface area (Å²) in [5.41, 5.74) is 0.980. The van der Waals surface area contributed by atoms with Gasteiger partial charge >= 0.3 is 0 Å². The van der Waals surface area contributed by atoms with Gasteiger partial charge in [0.25, 0.3) is 0 Å². The maximum atomic E-state index is 12.3. The van der Waals surface area contributed by atoms with Gasteiger partial charge in [0.05, 0.1) is 12.9 Å². The van der Waals surface area contributed by atoms with E-state index in [1.807, 2.05) is 47.9 Å². The summed E-state index contributed by atoms with van der Waals surface area (Å²) in [6.45, 7) is 6.66. The average molecular weight is 473 g/mol. The SMILES string of the molecule is C=CCn1c(SCC(=O)NCc2ccc(Cl)cc2)nnc1C(C)Oc1cccc(OC)c1. The molecule has 3 aromatic rings. The van der Waals surface area contributed by atoms with Gasteiger partial charge in [0.15, 0.2) is 17.1 Å². The van der Waals surface area contributed by atoms with Crippen molar-refractivity contribution >= 4 is 29.3 Å². The van der Waals surface area contributed by atoms with Crippen LogP contribution in [0.1, 0.15) is 24.4 Å². The zero-order chi connectivity index (χ0) is 22.9. The van der Waals surface area contributed by atoms with Gasteiger partial charge < -0.3 is 14.8 Å². The highest BCUT2D eigenvalue weighted by atomic mass is 35.5. The lowest BCUT2D eigenvalue weighted by Crippen LogP contribution is -2.24. The molecule has 0 spiro atoms. The molecule has 0 saturated heterocycles. The first-order chi connectivity index (χ1) is 15.5. The third kappa shape index (κ3) is 6.51. The van der Waals surface area contributed by atoms with Gasteiger partial charge in [0.2, 0.25) is 5.91 Å². The Bertz CT molecular complexity index is 1060. The van der Waals surface area contributed by atoms with Crippen LogP contribution in [-0.4, -0.2) is 33.5 Å². The van der Waals surface area contributed by atoms with Crippen LogP contribution in [0, 0.1) is 0 Å². The van der Waals surface area contributed by atoms with E-state index in [4.69, 9.17) is 21.1 Å². The number of allylic oxidation sites excluding steroid dienone is 1. The summed E-state index contributed by atoms with van der Waals surface area (Å²) in [6, 6.07) is 14.7. The van der Waals surface area contributed by atoms with E-state index >= 15 is 0 Å². The molecule has 32 heavy (non-hydrogen) atoms. The van der Waals surface area contributed by atoms with Crippen LogP contribution in [0.3, 0.4) is 0 Å². The minimum absolute atomic E-state index is 0.0969. The second-order valence-electron chi connectivity index (χ2n) is 6.87. The van der Waals surface area contributed by atoms with Crippen LogP contribution in [0.4, 0.5) is 0 Å². The minimum atomic E-state index is -0.359. The van der Waals surface area contributed by atoms with Gasteiger partial charge in [0, 0.05) is 24.2 Å². The Morgan fingerprint density at radius 3 is 2.72 bits per heavy atom. The van der Waals surface area contributed by atoms with E-state index in [0.29, 0.717) is 40.6 Å². The second kappa shape index (κ2) is 11.6. The van der Waals surface area contributed by atoms with Gasteiger partial charge in [-0.2, -0.15) is 0 Å². The molecule has 2 aromatic carbocycles. The van der Waals surface area contributed by atoms with Crippen LogP contribution in [0.25, 0.3) is 0 Å². The average Bonchev–Trinajstić information content (AvgIpc) is 3.20. The molecule has 0 saturated carbocycles. The van der Waals surface area contributed by atoms with Gasteiger partial charge in [-0.3, -0.25) is 9.36 Å². The molecule has 1 atom stereocenters. The number of nitrogens with zero attached hydrogens (tertiary/aromatic N) is 3. The van der Waals surface area contributed by atoms with Crippen molar-refractivity contribution in [2.24, 2.45) is 0 Å². The molecule has 1 aromatic heterocycles. The van der Waals surface area contributed by atoms with Crippen LogP contribution in [0.2, 0.25) is 5.02 Å². The molecule has 9 heteroatoms. The first-order valence-corrected chi connectivity index (χ1v) is 11.3. The smallest absolute Gasteiger partial charge is 0.230 e. The molecule has 0 aliphatic heterocycles. The lowest BCUT2D eigenvalue weighted by Gasteiger charge is -2.16. The van der Waals surface area contributed by atoms with E-state index in [1.165, 1.54) is 11.8 Å². The van der Waals surface area contributed by atoms with E-state index in [-0.39, 0.29) is 17.8 Å². The van der Waals surface area contributed by atoms with Crippen LogP contribution in [-0.2, 0) is 17.9 Å². The number of aromatic nitrogens is 3. The summed E-state index contributed by atoms with van der Waals surface area (Å²) in [4.78, 5) is 12.3. The number of amides is 1. The normalized spacial score (nSPS) is 11.6. The Hall–Kier alpha value is -2.97.